The van der Waals surface area contributed by atoms with Gasteiger partial charge in [0.1, 0.15) is 5.82 Å². The second-order valence-corrected chi connectivity index (χ2v) is 6.01. The summed E-state index contributed by atoms with van der Waals surface area (Å²) in [6, 6.07) is 8.58. The number of nitrogens with one attached hydrogen (secondary N) is 1. The Balaban J connectivity index is 2.11. The van der Waals surface area contributed by atoms with Crippen molar-refractivity contribution in [1.82, 2.24) is 4.72 Å². The van der Waals surface area contributed by atoms with Crippen molar-refractivity contribution in [3.8, 4) is 5.75 Å². The number of hydrogen-bond acceptors (Lipinski definition) is 3. The predicted molar refractivity (Wildman–Crippen MR) is 73.4 cm³/mol. The van der Waals surface area contributed by atoms with Gasteiger partial charge in [0, 0.05) is 6.54 Å². The number of halogens is 2. The molecule has 0 unspecified atom stereocenters. The maximum Gasteiger partial charge on any atom is 0.240 e. The zero-order chi connectivity index (χ0) is 15.5. The Morgan fingerprint density at radius 2 is 1.76 bits per heavy atom. The molecule has 0 fully saturated rings. The number of sulfonamides is 1. The van der Waals surface area contributed by atoms with Gasteiger partial charge in [0.2, 0.25) is 10.0 Å². The maximum atomic E-state index is 13.5. The Hall–Kier alpha value is -1.99. The molecule has 0 atom stereocenters. The molecule has 7 heteroatoms. The van der Waals surface area contributed by atoms with Gasteiger partial charge in [-0.2, -0.15) is 0 Å². The van der Waals surface area contributed by atoms with E-state index < -0.39 is 21.7 Å². The van der Waals surface area contributed by atoms with E-state index in [1.165, 1.54) is 19.2 Å². The fourth-order valence-corrected chi connectivity index (χ4v) is 2.71. The monoisotopic (exact) mass is 313 g/mol. The van der Waals surface area contributed by atoms with Crippen LogP contribution in [-0.4, -0.2) is 15.5 Å². The number of hydrogen-bond donors (Lipinski definition) is 1. The van der Waals surface area contributed by atoms with Gasteiger partial charge in [-0.15, -0.1) is 0 Å². The topological polar surface area (TPSA) is 55.4 Å². The Kier molecular flexibility index (Phi) is 4.54. The summed E-state index contributed by atoms with van der Waals surface area (Å²) < 4.78 is 57.3. The molecule has 0 aromatic heterocycles. The molecule has 0 amide bonds. The number of rotatable bonds is 5. The van der Waals surface area contributed by atoms with Gasteiger partial charge in [-0.3, -0.25) is 0 Å². The minimum absolute atomic E-state index is 0.0575. The smallest absolute Gasteiger partial charge is 0.240 e. The van der Waals surface area contributed by atoms with Crippen molar-refractivity contribution >= 4 is 10.0 Å². The Labute approximate surface area is 121 Å². The third-order valence-electron chi connectivity index (χ3n) is 2.81. The van der Waals surface area contributed by atoms with E-state index in [2.05, 4.69) is 4.72 Å². The molecule has 0 saturated heterocycles. The molecule has 4 nitrogen and oxygen atoms in total. The lowest BCUT2D eigenvalue weighted by molar-refractivity contribution is 0.386. The molecule has 112 valence electrons. The highest BCUT2D eigenvalue weighted by atomic mass is 32.2. The summed E-state index contributed by atoms with van der Waals surface area (Å²) in [5.41, 5.74) is 0.444. The number of methoxy groups -OCH3 is 1. The van der Waals surface area contributed by atoms with E-state index in [9.17, 15) is 17.2 Å². The average molecular weight is 313 g/mol. The second-order valence-electron chi connectivity index (χ2n) is 4.25. The Bertz CT molecular complexity index is 730. The number of ether oxygens (including phenoxy) is 1. The average Bonchev–Trinajstić information content (AvgIpc) is 2.46. The molecule has 0 bridgehead atoms. The Morgan fingerprint density at radius 1 is 1.10 bits per heavy atom. The van der Waals surface area contributed by atoms with Gasteiger partial charge < -0.3 is 4.74 Å². The summed E-state index contributed by atoms with van der Waals surface area (Å²) >= 11 is 0. The molecule has 2 aromatic rings. The van der Waals surface area contributed by atoms with E-state index in [0.29, 0.717) is 5.56 Å². The van der Waals surface area contributed by atoms with Crippen LogP contribution in [0.4, 0.5) is 8.78 Å². The van der Waals surface area contributed by atoms with Gasteiger partial charge in [0.25, 0.3) is 0 Å². The van der Waals surface area contributed by atoms with Crippen molar-refractivity contribution in [2.45, 2.75) is 11.4 Å². The minimum atomic E-state index is -3.77. The van der Waals surface area contributed by atoms with Gasteiger partial charge in [0.15, 0.2) is 11.6 Å². The zero-order valence-electron chi connectivity index (χ0n) is 11.1. The van der Waals surface area contributed by atoms with Crippen LogP contribution in [0.5, 0.6) is 5.75 Å². The van der Waals surface area contributed by atoms with Crippen LogP contribution < -0.4 is 9.46 Å². The van der Waals surface area contributed by atoms with Crippen LogP contribution in [0.2, 0.25) is 0 Å². The van der Waals surface area contributed by atoms with Gasteiger partial charge in [-0.25, -0.2) is 21.9 Å². The van der Waals surface area contributed by atoms with Crippen molar-refractivity contribution in [2.24, 2.45) is 0 Å². The first-order valence-electron chi connectivity index (χ1n) is 6.00. The van der Waals surface area contributed by atoms with E-state index in [1.807, 2.05) is 0 Å². The highest BCUT2D eigenvalue weighted by Crippen LogP contribution is 2.18. The van der Waals surface area contributed by atoms with E-state index in [0.717, 1.165) is 24.3 Å². The molecule has 0 heterocycles. The van der Waals surface area contributed by atoms with Crippen LogP contribution in [0, 0.1) is 11.6 Å². The largest absolute Gasteiger partial charge is 0.494 e. The summed E-state index contributed by atoms with van der Waals surface area (Å²) in [6.45, 7) is -0.0827. The molecule has 1 N–H and O–H groups in total. The molecular weight excluding hydrogens is 300 g/mol. The first kappa shape index (κ1) is 15.4. The van der Waals surface area contributed by atoms with E-state index in [4.69, 9.17) is 4.74 Å². The Morgan fingerprint density at radius 3 is 2.33 bits per heavy atom. The van der Waals surface area contributed by atoms with Crippen LogP contribution in [-0.2, 0) is 16.6 Å². The predicted octanol–water partition coefficient (Wildman–Crippen LogP) is 2.45. The third-order valence-corrected chi connectivity index (χ3v) is 4.22. The van der Waals surface area contributed by atoms with Crippen LogP contribution in [0.3, 0.4) is 0 Å². The molecule has 0 aliphatic carbocycles. The highest BCUT2D eigenvalue weighted by molar-refractivity contribution is 7.89. The summed E-state index contributed by atoms with van der Waals surface area (Å²) in [5, 5.41) is 0. The van der Waals surface area contributed by atoms with Crippen molar-refractivity contribution < 1.29 is 21.9 Å². The van der Waals surface area contributed by atoms with Crippen molar-refractivity contribution in [2.75, 3.05) is 7.11 Å². The van der Waals surface area contributed by atoms with Crippen LogP contribution in [0.1, 0.15) is 5.56 Å². The van der Waals surface area contributed by atoms with Gasteiger partial charge >= 0.3 is 0 Å². The first-order valence-corrected chi connectivity index (χ1v) is 7.48. The molecule has 0 radical (unpaired) electrons. The van der Waals surface area contributed by atoms with Gasteiger partial charge in [0.05, 0.1) is 12.0 Å². The summed E-state index contributed by atoms with van der Waals surface area (Å²) in [7, 11) is -2.43. The normalized spacial score (nSPS) is 11.4. The lowest BCUT2D eigenvalue weighted by Crippen LogP contribution is -2.23. The summed E-state index contributed by atoms with van der Waals surface area (Å²) in [4.78, 5) is -0.0575. The van der Waals surface area contributed by atoms with Crippen LogP contribution in [0.15, 0.2) is 47.4 Å². The van der Waals surface area contributed by atoms with E-state index in [-0.39, 0.29) is 17.2 Å². The molecule has 0 saturated carbocycles. The molecule has 2 aromatic carbocycles. The van der Waals surface area contributed by atoms with Crippen molar-refractivity contribution in [1.29, 1.82) is 0 Å². The standard InChI is InChI=1S/C14H13F2NO3S/c1-20-14-7-2-10(8-13(14)16)9-17-21(18,19)12-5-3-11(15)4-6-12/h2-8,17H,9H2,1H3. The van der Waals surface area contributed by atoms with Crippen LogP contribution >= 0.6 is 0 Å². The zero-order valence-corrected chi connectivity index (χ0v) is 12.0. The fourth-order valence-electron chi connectivity index (χ4n) is 1.70. The maximum absolute atomic E-state index is 13.5. The van der Waals surface area contributed by atoms with Crippen molar-refractivity contribution in [3.05, 3.63) is 59.7 Å². The molecule has 0 aliphatic heterocycles. The molecule has 2 rings (SSSR count). The molecular formula is C14H13F2NO3S. The van der Waals surface area contributed by atoms with Gasteiger partial charge in [-0.05, 0) is 42.0 Å². The second kappa shape index (κ2) is 6.19. The SMILES string of the molecule is COc1ccc(CNS(=O)(=O)c2ccc(F)cc2)cc1F. The van der Waals surface area contributed by atoms with E-state index in [1.54, 1.807) is 6.07 Å². The van der Waals surface area contributed by atoms with Crippen LogP contribution in [0.25, 0.3) is 0 Å². The van der Waals surface area contributed by atoms with Gasteiger partial charge in [-0.1, -0.05) is 6.07 Å². The summed E-state index contributed by atoms with van der Waals surface area (Å²) in [6.07, 6.45) is 0. The lowest BCUT2D eigenvalue weighted by Gasteiger charge is -2.08. The fraction of sp³-hybridized carbons (Fsp3) is 0.143. The molecule has 0 aliphatic rings. The highest BCUT2D eigenvalue weighted by Gasteiger charge is 2.14. The molecule has 0 spiro atoms. The lowest BCUT2D eigenvalue weighted by atomic mass is 10.2. The summed E-state index contributed by atoms with van der Waals surface area (Å²) in [5.74, 6) is -1.01. The molecule has 21 heavy (non-hydrogen) atoms. The van der Waals surface area contributed by atoms with E-state index >= 15 is 0 Å². The number of benzene rings is 2. The first-order chi connectivity index (χ1) is 9.92. The quantitative estimate of drug-likeness (QED) is 0.922. The van der Waals surface area contributed by atoms with Crippen molar-refractivity contribution in [3.63, 3.8) is 0 Å². The third kappa shape index (κ3) is 3.77. The minimum Gasteiger partial charge on any atom is -0.494 e.